The number of pyridine rings is 1. The number of rotatable bonds is 3. The van der Waals surface area contributed by atoms with Crippen molar-refractivity contribution in [2.45, 2.75) is 0 Å². The van der Waals surface area contributed by atoms with Crippen LogP contribution in [0.4, 0.5) is 5.69 Å². The standard InChI is InChI=1S/C14H12N6O/c15-11-3-1-2-10(6-11)14-18-8-20(19-14)12-7-9(13(16)21)4-5-17-12/h1-8H,15H2,(H2,16,21). The molecule has 0 saturated heterocycles. The molecule has 0 unspecified atom stereocenters. The molecule has 21 heavy (non-hydrogen) atoms. The molecule has 0 radical (unpaired) electrons. The second-order valence-corrected chi connectivity index (χ2v) is 4.41. The van der Waals surface area contributed by atoms with Crippen molar-refractivity contribution in [3.05, 3.63) is 54.5 Å². The highest BCUT2D eigenvalue weighted by Gasteiger charge is 2.08. The lowest BCUT2D eigenvalue weighted by Crippen LogP contribution is -2.12. The molecule has 0 saturated carbocycles. The molecule has 0 atom stereocenters. The lowest BCUT2D eigenvalue weighted by molar-refractivity contribution is 0.1000. The molecule has 2 aromatic heterocycles. The van der Waals surface area contributed by atoms with Crippen LogP contribution in [0.5, 0.6) is 0 Å². The summed E-state index contributed by atoms with van der Waals surface area (Å²) in [6.07, 6.45) is 3.02. The number of amides is 1. The van der Waals surface area contributed by atoms with Gasteiger partial charge < -0.3 is 11.5 Å². The average Bonchev–Trinajstić information content (AvgIpc) is 2.97. The number of hydrogen-bond acceptors (Lipinski definition) is 5. The average molecular weight is 280 g/mol. The van der Waals surface area contributed by atoms with E-state index in [1.54, 1.807) is 24.3 Å². The fourth-order valence-corrected chi connectivity index (χ4v) is 1.88. The van der Waals surface area contributed by atoms with Crippen LogP contribution in [0, 0.1) is 0 Å². The van der Waals surface area contributed by atoms with E-state index in [0.29, 0.717) is 22.9 Å². The van der Waals surface area contributed by atoms with Crippen molar-refractivity contribution in [3.8, 4) is 17.2 Å². The van der Waals surface area contributed by atoms with Gasteiger partial charge in [-0.25, -0.2) is 14.6 Å². The topological polar surface area (TPSA) is 113 Å². The molecule has 0 aliphatic carbocycles. The smallest absolute Gasteiger partial charge is 0.248 e. The first kappa shape index (κ1) is 12.8. The van der Waals surface area contributed by atoms with Gasteiger partial charge in [0.2, 0.25) is 5.91 Å². The third-order valence-corrected chi connectivity index (χ3v) is 2.90. The molecule has 7 nitrogen and oxygen atoms in total. The molecule has 7 heteroatoms. The van der Waals surface area contributed by atoms with Gasteiger partial charge in [-0.2, -0.15) is 0 Å². The van der Waals surface area contributed by atoms with Gasteiger partial charge in [0.15, 0.2) is 11.6 Å². The fourth-order valence-electron chi connectivity index (χ4n) is 1.88. The normalized spacial score (nSPS) is 10.5. The zero-order valence-electron chi connectivity index (χ0n) is 11.0. The van der Waals surface area contributed by atoms with Gasteiger partial charge in [0, 0.05) is 23.0 Å². The molecule has 0 fully saturated rings. The van der Waals surface area contributed by atoms with E-state index >= 15 is 0 Å². The Kier molecular flexibility index (Phi) is 3.07. The number of nitrogen functional groups attached to an aromatic ring is 1. The van der Waals surface area contributed by atoms with Gasteiger partial charge in [-0.05, 0) is 24.3 Å². The molecular weight excluding hydrogens is 268 g/mol. The van der Waals surface area contributed by atoms with Gasteiger partial charge in [-0.3, -0.25) is 4.79 Å². The summed E-state index contributed by atoms with van der Waals surface area (Å²) in [6.45, 7) is 0. The van der Waals surface area contributed by atoms with Gasteiger partial charge >= 0.3 is 0 Å². The summed E-state index contributed by atoms with van der Waals surface area (Å²) < 4.78 is 1.48. The van der Waals surface area contributed by atoms with Crippen LogP contribution in [0.2, 0.25) is 0 Å². The minimum absolute atomic E-state index is 0.362. The Labute approximate surface area is 120 Å². The number of anilines is 1. The van der Waals surface area contributed by atoms with E-state index in [-0.39, 0.29) is 0 Å². The SMILES string of the molecule is NC(=O)c1ccnc(-n2cnc(-c3cccc(N)c3)n2)c1. The van der Waals surface area contributed by atoms with Crippen molar-refractivity contribution < 1.29 is 4.79 Å². The number of nitrogens with two attached hydrogens (primary N) is 2. The van der Waals surface area contributed by atoms with Gasteiger partial charge in [-0.15, -0.1) is 5.10 Å². The summed E-state index contributed by atoms with van der Waals surface area (Å²) in [7, 11) is 0. The summed E-state index contributed by atoms with van der Waals surface area (Å²) in [6, 6.07) is 10.4. The third kappa shape index (κ3) is 2.57. The van der Waals surface area contributed by atoms with Crippen LogP contribution < -0.4 is 11.5 Å². The van der Waals surface area contributed by atoms with E-state index in [2.05, 4.69) is 15.1 Å². The second-order valence-electron chi connectivity index (χ2n) is 4.41. The number of nitrogens with zero attached hydrogens (tertiary/aromatic N) is 4. The number of carbonyl (C=O) groups excluding carboxylic acids is 1. The van der Waals surface area contributed by atoms with E-state index in [1.807, 2.05) is 12.1 Å². The van der Waals surface area contributed by atoms with Crippen LogP contribution in [-0.2, 0) is 0 Å². The van der Waals surface area contributed by atoms with Crippen molar-refractivity contribution in [1.29, 1.82) is 0 Å². The Morgan fingerprint density at radius 3 is 2.76 bits per heavy atom. The summed E-state index contributed by atoms with van der Waals surface area (Å²) in [4.78, 5) is 19.5. The highest BCUT2D eigenvalue weighted by Crippen LogP contribution is 2.18. The van der Waals surface area contributed by atoms with Crippen LogP contribution in [0.25, 0.3) is 17.2 Å². The van der Waals surface area contributed by atoms with Crippen LogP contribution in [-0.4, -0.2) is 25.7 Å². The first-order chi connectivity index (χ1) is 10.1. The van der Waals surface area contributed by atoms with Crippen LogP contribution in [0.15, 0.2) is 48.9 Å². The first-order valence-corrected chi connectivity index (χ1v) is 6.17. The van der Waals surface area contributed by atoms with E-state index < -0.39 is 5.91 Å². The zero-order chi connectivity index (χ0) is 14.8. The molecule has 4 N–H and O–H groups in total. The second kappa shape index (κ2) is 5.04. The highest BCUT2D eigenvalue weighted by atomic mass is 16.1. The minimum atomic E-state index is -0.519. The van der Waals surface area contributed by atoms with E-state index in [4.69, 9.17) is 11.5 Å². The lowest BCUT2D eigenvalue weighted by Gasteiger charge is -2.01. The van der Waals surface area contributed by atoms with Gasteiger partial charge in [0.1, 0.15) is 6.33 Å². The molecule has 104 valence electrons. The van der Waals surface area contributed by atoms with E-state index in [9.17, 15) is 4.79 Å². The molecule has 0 aliphatic heterocycles. The molecule has 0 aliphatic rings. The number of primary amides is 1. The first-order valence-electron chi connectivity index (χ1n) is 6.17. The Hall–Kier alpha value is -3.22. The minimum Gasteiger partial charge on any atom is -0.399 e. The monoisotopic (exact) mass is 280 g/mol. The lowest BCUT2D eigenvalue weighted by atomic mass is 10.2. The van der Waals surface area contributed by atoms with E-state index in [1.165, 1.54) is 17.2 Å². The maximum absolute atomic E-state index is 11.2. The molecule has 3 aromatic rings. The van der Waals surface area contributed by atoms with Gasteiger partial charge in [0.05, 0.1) is 0 Å². The fraction of sp³-hybridized carbons (Fsp3) is 0. The predicted molar refractivity (Wildman–Crippen MR) is 77.5 cm³/mol. The zero-order valence-corrected chi connectivity index (χ0v) is 11.0. The van der Waals surface area contributed by atoms with Crippen molar-refractivity contribution in [3.63, 3.8) is 0 Å². The molecule has 0 bridgehead atoms. The highest BCUT2D eigenvalue weighted by molar-refractivity contribution is 5.93. The van der Waals surface area contributed by atoms with Gasteiger partial charge in [0.25, 0.3) is 0 Å². The third-order valence-electron chi connectivity index (χ3n) is 2.90. The maximum atomic E-state index is 11.2. The van der Waals surface area contributed by atoms with Crippen molar-refractivity contribution >= 4 is 11.6 Å². The number of benzene rings is 1. The Balaban J connectivity index is 1.98. The summed E-state index contributed by atoms with van der Waals surface area (Å²) >= 11 is 0. The van der Waals surface area contributed by atoms with Crippen LogP contribution in [0.3, 0.4) is 0 Å². The largest absolute Gasteiger partial charge is 0.399 e. The summed E-state index contributed by atoms with van der Waals surface area (Å²) in [5.41, 5.74) is 12.8. The van der Waals surface area contributed by atoms with Gasteiger partial charge in [-0.1, -0.05) is 12.1 Å². The molecule has 1 amide bonds. The summed E-state index contributed by atoms with van der Waals surface area (Å²) in [5.74, 6) is 0.470. The Morgan fingerprint density at radius 2 is 2.00 bits per heavy atom. The van der Waals surface area contributed by atoms with E-state index in [0.717, 1.165) is 5.56 Å². The molecular formula is C14H12N6O. The van der Waals surface area contributed by atoms with Crippen LogP contribution >= 0.6 is 0 Å². The van der Waals surface area contributed by atoms with Crippen molar-refractivity contribution in [1.82, 2.24) is 19.7 Å². The molecule has 0 spiro atoms. The molecule has 3 rings (SSSR count). The predicted octanol–water partition coefficient (Wildman–Crippen LogP) is 1.01. The van der Waals surface area contributed by atoms with Crippen LogP contribution in [0.1, 0.15) is 10.4 Å². The Bertz CT molecular complexity index is 810. The number of carbonyl (C=O) groups is 1. The quantitative estimate of drug-likeness (QED) is 0.695. The number of hydrogen-bond donors (Lipinski definition) is 2. The maximum Gasteiger partial charge on any atom is 0.248 e. The Morgan fingerprint density at radius 1 is 1.14 bits per heavy atom. The summed E-state index contributed by atoms with van der Waals surface area (Å²) in [5, 5.41) is 4.33. The molecule has 1 aromatic carbocycles. The number of aromatic nitrogens is 4. The molecule has 2 heterocycles. The van der Waals surface area contributed by atoms with Crippen molar-refractivity contribution in [2.24, 2.45) is 5.73 Å². The van der Waals surface area contributed by atoms with Crippen molar-refractivity contribution in [2.75, 3.05) is 5.73 Å².